The number of hydrogen-bond donors (Lipinski definition) is 3. The lowest BCUT2D eigenvalue weighted by Crippen LogP contribution is -2.24. The number of halogens is 1. The average Bonchev–Trinajstić information content (AvgIpc) is 2.97. The number of carbonyl (C=O) groups is 2. The second-order valence-corrected chi connectivity index (χ2v) is 6.34. The zero-order chi connectivity index (χ0) is 20.3. The van der Waals surface area contributed by atoms with Crippen LogP contribution >= 0.6 is 0 Å². The summed E-state index contributed by atoms with van der Waals surface area (Å²) in [5.74, 6) is -0.576. The third-order valence-electron chi connectivity index (χ3n) is 4.37. The van der Waals surface area contributed by atoms with Gasteiger partial charge in [0.1, 0.15) is 5.82 Å². The first-order valence-corrected chi connectivity index (χ1v) is 8.74. The molecular formula is C21H21FN4O2. The minimum absolute atomic E-state index is 0.265. The molecule has 3 rings (SSSR count). The quantitative estimate of drug-likeness (QED) is 0.633. The minimum atomic E-state index is -0.341. The summed E-state index contributed by atoms with van der Waals surface area (Å²) in [5.41, 5.74) is 4.05. The summed E-state index contributed by atoms with van der Waals surface area (Å²) in [6.07, 6.45) is 0. The first kappa shape index (κ1) is 19.2. The summed E-state index contributed by atoms with van der Waals surface area (Å²) in [6.45, 7) is 3.73. The van der Waals surface area contributed by atoms with Crippen LogP contribution in [0.5, 0.6) is 0 Å². The summed E-state index contributed by atoms with van der Waals surface area (Å²) >= 11 is 0. The molecule has 28 heavy (non-hydrogen) atoms. The number of aryl methyl sites for hydroxylation is 1. The summed E-state index contributed by atoms with van der Waals surface area (Å²) in [4.78, 5) is 24.2. The fourth-order valence-corrected chi connectivity index (χ4v) is 3.05. The topological polar surface area (TPSA) is 75.2 Å². The van der Waals surface area contributed by atoms with Crippen LogP contribution in [0.2, 0.25) is 0 Å². The van der Waals surface area contributed by atoms with E-state index in [1.165, 1.54) is 19.2 Å². The van der Waals surface area contributed by atoms with Crippen molar-refractivity contribution in [3.8, 4) is 5.69 Å². The molecule has 0 saturated heterocycles. The number of amides is 3. The molecule has 0 fully saturated rings. The van der Waals surface area contributed by atoms with E-state index in [2.05, 4.69) is 16.0 Å². The van der Waals surface area contributed by atoms with Crippen molar-refractivity contribution in [3.05, 3.63) is 77.4 Å². The molecule has 1 aromatic heterocycles. The van der Waals surface area contributed by atoms with Gasteiger partial charge >= 0.3 is 6.03 Å². The van der Waals surface area contributed by atoms with Gasteiger partial charge in [-0.3, -0.25) is 4.79 Å². The van der Waals surface area contributed by atoms with E-state index in [-0.39, 0.29) is 17.8 Å². The monoisotopic (exact) mass is 380 g/mol. The number of hydrogen-bond acceptors (Lipinski definition) is 2. The van der Waals surface area contributed by atoms with E-state index in [1.54, 1.807) is 42.5 Å². The fraction of sp³-hybridized carbons (Fsp3) is 0.143. The van der Waals surface area contributed by atoms with E-state index in [0.29, 0.717) is 16.9 Å². The van der Waals surface area contributed by atoms with Crippen molar-refractivity contribution in [1.29, 1.82) is 0 Å². The Morgan fingerprint density at radius 3 is 2.21 bits per heavy atom. The van der Waals surface area contributed by atoms with Crippen molar-refractivity contribution in [2.75, 3.05) is 17.7 Å². The second-order valence-electron chi connectivity index (χ2n) is 6.34. The third-order valence-corrected chi connectivity index (χ3v) is 4.37. The molecule has 3 amide bonds. The van der Waals surface area contributed by atoms with E-state index in [0.717, 1.165) is 17.1 Å². The normalized spacial score (nSPS) is 10.4. The molecule has 144 valence electrons. The Morgan fingerprint density at radius 1 is 0.929 bits per heavy atom. The van der Waals surface area contributed by atoms with Gasteiger partial charge in [0.2, 0.25) is 0 Å². The van der Waals surface area contributed by atoms with E-state index >= 15 is 0 Å². The van der Waals surface area contributed by atoms with Gasteiger partial charge in [-0.25, -0.2) is 9.18 Å². The van der Waals surface area contributed by atoms with E-state index in [1.807, 2.05) is 18.4 Å². The SMILES string of the molecule is CNC(=O)Nc1cccc(NC(=O)c2cc(C)n(-c3ccc(F)cc3)c2C)c1. The van der Waals surface area contributed by atoms with Crippen LogP contribution in [0.3, 0.4) is 0 Å². The van der Waals surface area contributed by atoms with Crippen LogP contribution in [-0.2, 0) is 0 Å². The van der Waals surface area contributed by atoms with E-state index < -0.39 is 0 Å². The van der Waals surface area contributed by atoms with Crippen LogP contribution in [0, 0.1) is 19.7 Å². The lowest BCUT2D eigenvalue weighted by atomic mass is 10.2. The van der Waals surface area contributed by atoms with Crippen molar-refractivity contribution in [2.24, 2.45) is 0 Å². The van der Waals surface area contributed by atoms with Gasteiger partial charge < -0.3 is 20.5 Å². The molecule has 6 nitrogen and oxygen atoms in total. The maximum atomic E-state index is 13.2. The van der Waals surface area contributed by atoms with Crippen LogP contribution in [0.25, 0.3) is 5.69 Å². The molecular weight excluding hydrogens is 359 g/mol. The van der Waals surface area contributed by atoms with Crippen LogP contribution in [-0.4, -0.2) is 23.6 Å². The number of anilines is 2. The Bertz CT molecular complexity index is 1030. The molecule has 3 aromatic rings. The largest absolute Gasteiger partial charge is 0.341 e. The Labute approximate surface area is 162 Å². The molecule has 0 spiro atoms. The Hall–Kier alpha value is -3.61. The average molecular weight is 380 g/mol. The van der Waals surface area contributed by atoms with Gasteiger partial charge in [0.05, 0.1) is 5.56 Å². The highest BCUT2D eigenvalue weighted by molar-refractivity contribution is 6.05. The Kier molecular flexibility index (Phi) is 5.44. The molecule has 3 N–H and O–H groups in total. The van der Waals surface area contributed by atoms with Crippen molar-refractivity contribution < 1.29 is 14.0 Å². The molecule has 0 bridgehead atoms. The zero-order valence-electron chi connectivity index (χ0n) is 15.8. The first-order valence-electron chi connectivity index (χ1n) is 8.74. The summed E-state index contributed by atoms with van der Waals surface area (Å²) < 4.78 is 15.1. The number of nitrogens with zero attached hydrogens (tertiary/aromatic N) is 1. The number of urea groups is 1. The lowest BCUT2D eigenvalue weighted by Gasteiger charge is -2.11. The van der Waals surface area contributed by atoms with Gasteiger partial charge in [0, 0.05) is 35.5 Å². The smallest absolute Gasteiger partial charge is 0.318 e. The zero-order valence-corrected chi connectivity index (χ0v) is 15.8. The summed E-state index contributed by atoms with van der Waals surface area (Å²) in [5, 5.41) is 7.98. The number of aromatic nitrogens is 1. The van der Waals surface area contributed by atoms with E-state index in [4.69, 9.17) is 0 Å². The fourth-order valence-electron chi connectivity index (χ4n) is 3.05. The maximum Gasteiger partial charge on any atom is 0.318 e. The van der Waals surface area contributed by atoms with Crippen molar-refractivity contribution >= 4 is 23.3 Å². The van der Waals surface area contributed by atoms with Crippen molar-refractivity contribution in [1.82, 2.24) is 9.88 Å². The number of benzene rings is 2. The molecule has 2 aromatic carbocycles. The van der Waals surface area contributed by atoms with Crippen LogP contribution < -0.4 is 16.0 Å². The number of rotatable bonds is 4. The summed E-state index contributed by atoms with van der Waals surface area (Å²) in [7, 11) is 1.53. The Balaban J connectivity index is 1.84. The third kappa shape index (κ3) is 4.03. The van der Waals surface area contributed by atoms with Gasteiger partial charge in [0.15, 0.2) is 0 Å². The molecule has 0 radical (unpaired) electrons. The van der Waals surface area contributed by atoms with Gasteiger partial charge in [-0.1, -0.05) is 6.07 Å². The number of carbonyl (C=O) groups excluding carboxylic acids is 2. The molecule has 7 heteroatoms. The standard InChI is InChI=1S/C21H21FN4O2/c1-13-11-19(14(2)26(13)18-9-7-15(22)8-10-18)20(27)24-16-5-4-6-17(12-16)25-21(28)23-3/h4-12H,1-3H3,(H,24,27)(H2,23,25,28). The van der Waals surface area contributed by atoms with Gasteiger partial charge in [-0.05, 0) is 62.4 Å². The highest BCUT2D eigenvalue weighted by Gasteiger charge is 2.17. The second kappa shape index (κ2) is 7.96. The number of nitrogens with one attached hydrogen (secondary N) is 3. The predicted octanol–water partition coefficient (Wildman–Crippen LogP) is 4.24. The van der Waals surface area contributed by atoms with Crippen molar-refractivity contribution in [2.45, 2.75) is 13.8 Å². The minimum Gasteiger partial charge on any atom is -0.341 e. The molecule has 0 aliphatic carbocycles. The van der Waals surface area contributed by atoms with Crippen LogP contribution in [0.15, 0.2) is 54.6 Å². The Morgan fingerprint density at radius 2 is 1.57 bits per heavy atom. The molecule has 0 saturated carbocycles. The predicted molar refractivity (Wildman–Crippen MR) is 108 cm³/mol. The van der Waals surface area contributed by atoms with Crippen LogP contribution in [0.4, 0.5) is 20.6 Å². The highest BCUT2D eigenvalue weighted by atomic mass is 19.1. The summed E-state index contributed by atoms with van der Waals surface area (Å²) in [6, 6.07) is 14.5. The lowest BCUT2D eigenvalue weighted by molar-refractivity contribution is 0.102. The van der Waals surface area contributed by atoms with Gasteiger partial charge in [0.25, 0.3) is 5.91 Å². The van der Waals surface area contributed by atoms with Crippen LogP contribution in [0.1, 0.15) is 21.7 Å². The maximum absolute atomic E-state index is 13.2. The molecule has 0 unspecified atom stereocenters. The molecule has 1 heterocycles. The van der Waals surface area contributed by atoms with Gasteiger partial charge in [-0.2, -0.15) is 0 Å². The van der Waals surface area contributed by atoms with E-state index in [9.17, 15) is 14.0 Å². The molecule has 0 aliphatic heterocycles. The highest BCUT2D eigenvalue weighted by Crippen LogP contribution is 2.23. The van der Waals surface area contributed by atoms with Gasteiger partial charge in [-0.15, -0.1) is 0 Å². The first-order chi connectivity index (χ1) is 13.4. The molecule has 0 atom stereocenters. The van der Waals surface area contributed by atoms with Crippen molar-refractivity contribution in [3.63, 3.8) is 0 Å². The molecule has 0 aliphatic rings.